The Hall–Kier alpha value is -3.20. The van der Waals surface area contributed by atoms with Gasteiger partial charge in [-0.1, -0.05) is 81.4 Å². The highest BCUT2D eigenvalue weighted by Crippen LogP contribution is 2.42. The smallest absolute Gasteiger partial charge is 0.417 e. The molecule has 7 nitrogen and oxygen atoms in total. The van der Waals surface area contributed by atoms with Crippen LogP contribution in [0.1, 0.15) is 57.6 Å². The van der Waals surface area contributed by atoms with E-state index < -0.39 is 44.2 Å². The van der Waals surface area contributed by atoms with Crippen molar-refractivity contribution in [3.05, 3.63) is 95.9 Å². The Labute approximate surface area is 238 Å². The molecule has 1 saturated heterocycles. The van der Waals surface area contributed by atoms with Crippen molar-refractivity contribution in [3.8, 4) is 0 Å². The van der Waals surface area contributed by atoms with E-state index in [1.54, 1.807) is 18.4 Å². The molecule has 3 aromatic rings. The van der Waals surface area contributed by atoms with Crippen LogP contribution in [0.15, 0.2) is 83.5 Å². The second-order valence-electron chi connectivity index (χ2n) is 12.4. The summed E-state index contributed by atoms with van der Waals surface area (Å²) in [5.41, 5.74) is 1.00. The molecule has 40 heavy (non-hydrogen) atoms. The number of rotatable bonds is 10. The molecule has 0 aliphatic carbocycles. The van der Waals surface area contributed by atoms with Gasteiger partial charge in [0.15, 0.2) is 14.4 Å². The van der Waals surface area contributed by atoms with Gasteiger partial charge in [0.1, 0.15) is 17.5 Å². The minimum atomic E-state index is -2.43. The summed E-state index contributed by atoms with van der Waals surface area (Å²) in [6.45, 7) is 14.5. The predicted molar refractivity (Wildman–Crippen MR) is 156 cm³/mol. The van der Waals surface area contributed by atoms with Gasteiger partial charge in [-0.05, 0) is 61.7 Å². The van der Waals surface area contributed by atoms with Gasteiger partial charge in [0.05, 0.1) is 18.9 Å². The number of imide groups is 1. The second-order valence-corrected chi connectivity index (χ2v) is 17.2. The van der Waals surface area contributed by atoms with Crippen molar-refractivity contribution in [2.75, 3.05) is 0 Å². The van der Waals surface area contributed by atoms with Crippen LogP contribution in [-0.2, 0) is 31.7 Å². The lowest BCUT2D eigenvalue weighted by Gasteiger charge is -2.41. The van der Waals surface area contributed by atoms with E-state index in [0.29, 0.717) is 12.2 Å². The van der Waals surface area contributed by atoms with Crippen LogP contribution in [0.4, 0.5) is 4.79 Å². The molecule has 1 fully saturated rings. The average molecular weight is 564 g/mol. The third-order valence-electron chi connectivity index (χ3n) is 8.01. The van der Waals surface area contributed by atoms with Gasteiger partial charge in [-0.25, -0.2) is 9.69 Å². The molecule has 214 valence electrons. The molecule has 2 aromatic carbocycles. The second kappa shape index (κ2) is 11.7. The Morgan fingerprint density at radius 1 is 0.975 bits per heavy atom. The number of amides is 2. The summed E-state index contributed by atoms with van der Waals surface area (Å²) in [4.78, 5) is 29.1. The van der Waals surface area contributed by atoms with Crippen LogP contribution >= 0.6 is 0 Å². The predicted octanol–water partition coefficient (Wildman–Crippen LogP) is 7.30. The van der Waals surface area contributed by atoms with Crippen molar-refractivity contribution in [3.63, 3.8) is 0 Å². The van der Waals surface area contributed by atoms with Crippen LogP contribution in [0, 0.1) is 0 Å². The molecule has 8 heteroatoms. The zero-order chi connectivity index (χ0) is 29.1. The first-order valence-corrected chi connectivity index (χ1v) is 16.7. The summed E-state index contributed by atoms with van der Waals surface area (Å²) in [6.07, 6.45) is -0.691. The van der Waals surface area contributed by atoms with Crippen LogP contribution in [-0.4, -0.2) is 43.0 Å². The monoisotopic (exact) mass is 563 g/mol. The SMILES string of the molecule is CC1(C)OC(=O)N(C(=O)[C@@H](OCc2ccccc2)[C@H](O[Si](C)(C)C(C)(C)C)c2ccco2)[C@H]1Cc1ccccc1. The molecule has 2 heterocycles. The molecule has 0 saturated carbocycles. The third kappa shape index (κ3) is 6.57. The first-order chi connectivity index (χ1) is 18.8. The Bertz CT molecular complexity index is 1270. The normalized spacial score (nSPS) is 18.8. The highest BCUT2D eigenvalue weighted by atomic mass is 28.4. The van der Waals surface area contributed by atoms with E-state index in [1.165, 1.54) is 4.90 Å². The summed E-state index contributed by atoms with van der Waals surface area (Å²) >= 11 is 0. The van der Waals surface area contributed by atoms with Crippen molar-refractivity contribution in [2.45, 2.75) is 89.6 Å². The molecule has 1 aliphatic heterocycles. The van der Waals surface area contributed by atoms with Gasteiger partial charge in [0.2, 0.25) is 0 Å². The lowest BCUT2D eigenvalue weighted by atomic mass is 9.91. The first-order valence-electron chi connectivity index (χ1n) is 13.8. The molecule has 0 N–H and O–H groups in total. The largest absolute Gasteiger partial charge is 0.467 e. The van der Waals surface area contributed by atoms with Crippen molar-refractivity contribution >= 4 is 20.3 Å². The molecule has 1 aromatic heterocycles. The van der Waals surface area contributed by atoms with Crippen molar-refractivity contribution in [2.24, 2.45) is 0 Å². The van der Waals surface area contributed by atoms with E-state index in [1.807, 2.05) is 74.5 Å². The minimum absolute atomic E-state index is 0.144. The number of carbonyl (C=O) groups is 2. The topological polar surface area (TPSA) is 78.2 Å². The summed E-state index contributed by atoms with van der Waals surface area (Å²) < 4.78 is 24.8. The van der Waals surface area contributed by atoms with Gasteiger partial charge in [-0.2, -0.15) is 0 Å². The lowest BCUT2D eigenvalue weighted by Crippen LogP contribution is -2.53. The van der Waals surface area contributed by atoms with Gasteiger partial charge in [0.25, 0.3) is 5.91 Å². The maximum atomic E-state index is 14.5. The number of nitrogens with zero attached hydrogens (tertiary/aromatic N) is 1. The molecular formula is C32H41NO6Si. The van der Waals surface area contributed by atoms with Crippen LogP contribution < -0.4 is 0 Å². The van der Waals surface area contributed by atoms with Crippen molar-refractivity contribution in [1.82, 2.24) is 4.90 Å². The fourth-order valence-corrected chi connectivity index (χ4v) is 5.83. The van der Waals surface area contributed by atoms with Crippen LogP contribution in [0.25, 0.3) is 0 Å². The van der Waals surface area contributed by atoms with Crippen molar-refractivity contribution < 1.29 is 27.9 Å². The molecule has 0 spiro atoms. The number of carbonyl (C=O) groups excluding carboxylic acids is 2. The van der Waals surface area contributed by atoms with Crippen LogP contribution in [0.5, 0.6) is 0 Å². The van der Waals surface area contributed by atoms with E-state index in [-0.39, 0.29) is 11.6 Å². The Balaban J connectivity index is 1.75. The van der Waals surface area contributed by atoms with Gasteiger partial charge < -0.3 is 18.3 Å². The van der Waals surface area contributed by atoms with Crippen molar-refractivity contribution in [1.29, 1.82) is 0 Å². The first kappa shape index (κ1) is 29.8. The van der Waals surface area contributed by atoms with Crippen LogP contribution in [0.3, 0.4) is 0 Å². The van der Waals surface area contributed by atoms with E-state index in [2.05, 4.69) is 33.9 Å². The number of hydrogen-bond donors (Lipinski definition) is 0. The van der Waals surface area contributed by atoms with Gasteiger partial charge in [-0.3, -0.25) is 4.79 Å². The van der Waals surface area contributed by atoms with Crippen LogP contribution in [0.2, 0.25) is 18.1 Å². The minimum Gasteiger partial charge on any atom is -0.467 e. The number of ether oxygens (including phenoxy) is 2. The van der Waals surface area contributed by atoms with Gasteiger partial charge in [0, 0.05) is 0 Å². The fraction of sp³-hybridized carbons (Fsp3) is 0.438. The molecule has 3 atom stereocenters. The quantitative estimate of drug-likeness (QED) is 0.241. The molecule has 0 radical (unpaired) electrons. The maximum absolute atomic E-state index is 14.5. The number of benzene rings is 2. The number of hydrogen-bond acceptors (Lipinski definition) is 6. The highest BCUT2D eigenvalue weighted by Gasteiger charge is 2.54. The molecule has 1 aliphatic rings. The zero-order valence-corrected chi connectivity index (χ0v) is 25.5. The molecule has 0 bridgehead atoms. The van der Waals surface area contributed by atoms with E-state index >= 15 is 0 Å². The fourth-order valence-electron chi connectivity index (χ4n) is 4.60. The summed E-state index contributed by atoms with van der Waals surface area (Å²) in [5, 5.41) is -0.144. The summed E-state index contributed by atoms with van der Waals surface area (Å²) in [7, 11) is -2.43. The molecule has 2 amide bonds. The van der Waals surface area contributed by atoms with E-state index in [9.17, 15) is 9.59 Å². The van der Waals surface area contributed by atoms with E-state index in [0.717, 1.165) is 11.1 Å². The maximum Gasteiger partial charge on any atom is 0.417 e. The van der Waals surface area contributed by atoms with E-state index in [4.69, 9.17) is 18.3 Å². The Morgan fingerprint density at radius 2 is 1.57 bits per heavy atom. The molecule has 4 rings (SSSR count). The number of cyclic esters (lactones) is 1. The number of furan rings is 1. The highest BCUT2D eigenvalue weighted by molar-refractivity contribution is 6.74. The van der Waals surface area contributed by atoms with Gasteiger partial charge in [-0.15, -0.1) is 0 Å². The Kier molecular flexibility index (Phi) is 8.73. The standard InChI is InChI=1S/C32H41NO6Si/c1-31(2,3)40(6,7)39-27(25-19-14-20-36-25)28(37-22-24-17-12-9-13-18-24)29(34)33-26(32(4,5)38-30(33)35)21-23-15-10-8-11-16-23/h8-20,26-28H,21-22H2,1-7H3/t26-,27+,28-/m0/s1. The molecular weight excluding hydrogens is 522 g/mol. The lowest BCUT2D eigenvalue weighted by molar-refractivity contribution is -0.152. The molecule has 0 unspecified atom stereocenters. The Morgan fingerprint density at radius 3 is 2.12 bits per heavy atom. The third-order valence-corrected chi connectivity index (χ3v) is 12.5. The summed E-state index contributed by atoms with van der Waals surface area (Å²) in [6, 6.07) is 22.4. The van der Waals surface area contributed by atoms with Gasteiger partial charge >= 0.3 is 6.09 Å². The zero-order valence-electron chi connectivity index (χ0n) is 24.5. The summed E-state index contributed by atoms with van der Waals surface area (Å²) in [5.74, 6) is -0.0322. The average Bonchev–Trinajstić information content (AvgIpc) is 3.50.